The number of carbonyl (C=O) groups excluding carboxylic acids is 1. The summed E-state index contributed by atoms with van der Waals surface area (Å²) < 4.78 is 13.2. The van der Waals surface area contributed by atoms with Crippen LogP contribution < -0.4 is 14.8 Å². The van der Waals surface area contributed by atoms with Gasteiger partial charge < -0.3 is 14.8 Å². The first kappa shape index (κ1) is 15.7. The van der Waals surface area contributed by atoms with Gasteiger partial charge in [0.25, 0.3) is 5.91 Å². The third kappa shape index (κ3) is 2.53. The smallest absolute Gasteiger partial charge is 0.261 e. The Morgan fingerprint density at radius 3 is 3.00 bits per heavy atom. The number of ether oxygens (including phenoxy) is 2. The van der Waals surface area contributed by atoms with Crippen molar-refractivity contribution in [3.63, 3.8) is 0 Å². The molecule has 6 nitrogen and oxygen atoms in total. The van der Waals surface area contributed by atoms with Crippen molar-refractivity contribution in [1.29, 1.82) is 0 Å². The van der Waals surface area contributed by atoms with E-state index in [1.54, 1.807) is 11.3 Å². The second-order valence-corrected chi connectivity index (χ2v) is 7.97. The summed E-state index contributed by atoms with van der Waals surface area (Å²) in [6, 6.07) is 7.53. The molecule has 1 atom stereocenters. The topological polar surface area (TPSA) is 64.9 Å². The third-order valence-electron chi connectivity index (χ3n) is 4.38. The number of aromatic nitrogens is 2. The van der Waals surface area contributed by atoms with E-state index in [0.717, 1.165) is 32.4 Å². The van der Waals surface area contributed by atoms with Gasteiger partial charge in [-0.3, -0.25) is 9.20 Å². The number of thiazole rings is 1. The van der Waals surface area contributed by atoms with E-state index in [9.17, 15) is 4.79 Å². The average molecular weight is 385 g/mol. The van der Waals surface area contributed by atoms with Gasteiger partial charge >= 0.3 is 0 Å². The number of imidazole rings is 1. The number of nitrogens with zero attached hydrogens (tertiary/aromatic N) is 2. The summed E-state index contributed by atoms with van der Waals surface area (Å²) in [4.78, 5) is 19.7. The van der Waals surface area contributed by atoms with Crippen molar-refractivity contribution in [3.8, 4) is 11.5 Å². The van der Waals surface area contributed by atoms with Gasteiger partial charge in [0.2, 0.25) is 0 Å². The largest absolute Gasteiger partial charge is 0.486 e. The lowest BCUT2D eigenvalue weighted by atomic mass is 10.1. The molecule has 0 spiro atoms. The minimum atomic E-state index is -0.142. The first-order valence-electron chi connectivity index (χ1n) is 8.24. The summed E-state index contributed by atoms with van der Waals surface area (Å²) in [6.45, 7) is 3.07. The maximum atomic E-state index is 12.7. The normalized spacial score (nSPS) is 14.7. The fourth-order valence-corrected chi connectivity index (χ4v) is 4.74. The Morgan fingerprint density at radius 1 is 1.27 bits per heavy atom. The van der Waals surface area contributed by atoms with Crippen molar-refractivity contribution in [3.05, 3.63) is 46.3 Å². The second kappa shape index (κ2) is 6.00. The number of amides is 1. The Hall–Kier alpha value is -2.58. The molecule has 0 bridgehead atoms. The summed E-state index contributed by atoms with van der Waals surface area (Å²) in [6.07, 6.45) is 1.97. The predicted molar refractivity (Wildman–Crippen MR) is 102 cm³/mol. The first-order valence-corrected chi connectivity index (χ1v) is 9.94. The molecule has 8 heteroatoms. The van der Waals surface area contributed by atoms with Crippen molar-refractivity contribution < 1.29 is 14.3 Å². The SMILES string of the molecule is CC(NC(=O)c1cc2c(nc3sccn32)s1)c1ccc2c(c1)OCCO2. The number of nitrogens with one attached hydrogen (secondary N) is 1. The Kier molecular flexibility index (Phi) is 3.61. The zero-order valence-electron chi connectivity index (χ0n) is 13.9. The van der Waals surface area contributed by atoms with Gasteiger partial charge in [-0.05, 0) is 30.7 Å². The highest BCUT2D eigenvalue weighted by atomic mass is 32.1. The van der Waals surface area contributed by atoms with Crippen molar-refractivity contribution in [1.82, 2.24) is 14.7 Å². The van der Waals surface area contributed by atoms with Gasteiger partial charge in [-0.15, -0.1) is 22.7 Å². The van der Waals surface area contributed by atoms with E-state index >= 15 is 0 Å². The molecule has 4 aromatic rings. The Bertz CT molecular complexity index is 1130. The van der Waals surface area contributed by atoms with Crippen LogP contribution in [0.25, 0.3) is 15.3 Å². The molecule has 1 aliphatic rings. The van der Waals surface area contributed by atoms with Crippen molar-refractivity contribution in [2.45, 2.75) is 13.0 Å². The zero-order chi connectivity index (χ0) is 17.7. The fraction of sp³-hybridized carbons (Fsp3) is 0.222. The summed E-state index contributed by atoms with van der Waals surface area (Å²) in [5.74, 6) is 1.38. The number of hydrogen-bond donors (Lipinski definition) is 1. The van der Waals surface area contributed by atoms with E-state index in [0.29, 0.717) is 18.1 Å². The van der Waals surface area contributed by atoms with Crippen LogP contribution in [-0.2, 0) is 0 Å². The molecular weight excluding hydrogens is 370 g/mol. The van der Waals surface area contributed by atoms with Crippen molar-refractivity contribution >= 4 is 43.9 Å². The molecule has 4 heterocycles. The van der Waals surface area contributed by atoms with Crippen LogP contribution in [0.1, 0.15) is 28.2 Å². The summed E-state index contributed by atoms with van der Waals surface area (Å²) in [5.41, 5.74) is 1.95. The number of carbonyl (C=O) groups is 1. The molecule has 26 heavy (non-hydrogen) atoms. The number of benzene rings is 1. The van der Waals surface area contributed by atoms with Crippen LogP contribution in [-0.4, -0.2) is 28.5 Å². The lowest BCUT2D eigenvalue weighted by Gasteiger charge is -2.21. The molecule has 132 valence electrons. The number of hydrogen-bond acceptors (Lipinski definition) is 6. The highest BCUT2D eigenvalue weighted by Gasteiger charge is 2.19. The highest BCUT2D eigenvalue weighted by molar-refractivity contribution is 7.21. The monoisotopic (exact) mass is 385 g/mol. The molecular formula is C18H15N3O3S2. The minimum absolute atomic E-state index is 0.0978. The molecule has 1 unspecified atom stereocenters. The van der Waals surface area contributed by atoms with Crippen molar-refractivity contribution in [2.75, 3.05) is 13.2 Å². The van der Waals surface area contributed by atoms with Crippen LogP contribution >= 0.6 is 22.7 Å². The molecule has 0 radical (unpaired) electrons. The molecule has 0 fully saturated rings. The van der Waals surface area contributed by atoms with Crippen LogP contribution in [0.5, 0.6) is 11.5 Å². The second-order valence-electron chi connectivity index (χ2n) is 6.07. The van der Waals surface area contributed by atoms with Gasteiger partial charge in [-0.1, -0.05) is 6.07 Å². The molecule has 5 rings (SSSR count). The molecule has 0 saturated carbocycles. The maximum Gasteiger partial charge on any atom is 0.261 e. The minimum Gasteiger partial charge on any atom is -0.486 e. The average Bonchev–Trinajstić information content (AvgIpc) is 3.33. The van der Waals surface area contributed by atoms with Gasteiger partial charge in [0.15, 0.2) is 16.5 Å². The molecule has 1 aliphatic heterocycles. The quantitative estimate of drug-likeness (QED) is 0.581. The van der Waals surface area contributed by atoms with E-state index in [4.69, 9.17) is 9.47 Å². The first-order chi connectivity index (χ1) is 12.7. The molecule has 1 amide bonds. The lowest BCUT2D eigenvalue weighted by molar-refractivity contribution is 0.0944. The standard InChI is InChI=1S/C18H15N3O3S2/c1-10(11-2-3-13-14(8-11)24-6-5-23-13)19-16(22)15-9-12-17(26-15)20-18-21(12)4-7-25-18/h2-4,7-10H,5-6H2,1H3,(H,19,22). The van der Waals surface area contributed by atoms with E-state index < -0.39 is 0 Å². The zero-order valence-corrected chi connectivity index (χ0v) is 15.5. The van der Waals surface area contributed by atoms with Crippen molar-refractivity contribution in [2.24, 2.45) is 0 Å². The van der Waals surface area contributed by atoms with Crippen LogP contribution in [0.4, 0.5) is 0 Å². The summed E-state index contributed by atoms with van der Waals surface area (Å²) in [5, 5.41) is 5.04. The molecule has 0 aliphatic carbocycles. The molecule has 0 saturated heterocycles. The Morgan fingerprint density at radius 2 is 2.12 bits per heavy atom. The number of fused-ring (bicyclic) bond motifs is 4. The Balaban J connectivity index is 1.38. The van der Waals surface area contributed by atoms with Gasteiger partial charge in [0.1, 0.15) is 18.0 Å². The molecule has 1 N–H and O–H groups in total. The van der Waals surface area contributed by atoms with Crippen LogP contribution in [0, 0.1) is 0 Å². The van der Waals surface area contributed by atoms with Crippen LogP contribution in [0.3, 0.4) is 0 Å². The predicted octanol–water partition coefficient (Wildman–Crippen LogP) is 3.87. The van der Waals surface area contributed by atoms with Crippen LogP contribution in [0.15, 0.2) is 35.8 Å². The Labute approximate surface area is 157 Å². The molecule has 3 aromatic heterocycles. The fourth-order valence-electron chi connectivity index (χ4n) is 3.04. The number of rotatable bonds is 3. The van der Waals surface area contributed by atoms with Gasteiger partial charge in [-0.25, -0.2) is 4.98 Å². The van der Waals surface area contributed by atoms with E-state index in [-0.39, 0.29) is 11.9 Å². The van der Waals surface area contributed by atoms with Crippen LogP contribution in [0.2, 0.25) is 0 Å². The highest BCUT2D eigenvalue weighted by Crippen LogP contribution is 2.33. The lowest BCUT2D eigenvalue weighted by Crippen LogP contribution is -2.26. The number of thiophene rings is 1. The van der Waals surface area contributed by atoms with E-state index in [1.165, 1.54) is 11.3 Å². The van der Waals surface area contributed by atoms with Gasteiger partial charge in [0, 0.05) is 11.6 Å². The van der Waals surface area contributed by atoms with Gasteiger partial charge in [-0.2, -0.15) is 0 Å². The summed E-state index contributed by atoms with van der Waals surface area (Å²) in [7, 11) is 0. The summed E-state index contributed by atoms with van der Waals surface area (Å²) >= 11 is 3.00. The third-order valence-corrected chi connectivity index (χ3v) is 6.15. The van der Waals surface area contributed by atoms with E-state index in [2.05, 4.69) is 10.3 Å². The van der Waals surface area contributed by atoms with E-state index in [1.807, 2.05) is 47.2 Å². The van der Waals surface area contributed by atoms with Gasteiger partial charge in [0.05, 0.1) is 16.4 Å². The maximum absolute atomic E-state index is 12.7. The molecule has 1 aromatic carbocycles.